The second-order valence-corrected chi connectivity index (χ2v) is 4.69. The Hall–Kier alpha value is -0.0900. The van der Waals surface area contributed by atoms with E-state index in [9.17, 15) is 0 Å². The van der Waals surface area contributed by atoms with Crippen molar-refractivity contribution < 1.29 is 0 Å². The second kappa shape index (κ2) is 3.96. The van der Waals surface area contributed by atoms with Crippen LogP contribution in [-0.2, 0) is 0 Å². The minimum atomic E-state index is 0.304. The van der Waals surface area contributed by atoms with Crippen LogP contribution in [0.2, 0.25) is 5.02 Å². The molecule has 0 aromatic heterocycles. The maximum atomic E-state index is 5.91. The first-order valence-corrected chi connectivity index (χ1v) is 5.44. The minimum absolute atomic E-state index is 0.304. The van der Waals surface area contributed by atoms with Crippen molar-refractivity contribution in [2.45, 2.75) is 10.9 Å². The van der Waals surface area contributed by atoms with Crippen molar-refractivity contribution in [3.63, 3.8) is 0 Å². The van der Waals surface area contributed by atoms with E-state index in [0.717, 1.165) is 11.6 Å². The lowest BCUT2D eigenvalue weighted by Gasteiger charge is -2.13. The molecule has 0 spiro atoms. The lowest BCUT2D eigenvalue weighted by Crippen LogP contribution is -2.24. The Morgan fingerprint density at radius 3 is 2.92 bits per heavy atom. The Bertz CT molecular complexity index is 305. The first-order chi connectivity index (χ1) is 6.27. The number of halogens is 2. The number of benzene rings is 1. The normalized spacial score (nSPS) is 27.8. The van der Waals surface area contributed by atoms with E-state index < -0.39 is 0 Å². The predicted octanol–water partition coefficient (Wildman–Crippen LogP) is 2.25. The summed E-state index contributed by atoms with van der Waals surface area (Å²) >= 11 is 9.51. The van der Waals surface area contributed by atoms with E-state index in [2.05, 4.69) is 32.8 Å². The molecule has 0 bridgehead atoms. The van der Waals surface area contributed by atoms with Crippen molar-refractivity contribution >= 4 is 27.5 Å². The van der Waals surface area contributed by atoms with Gasteiger partial charge in [0.1, 0.15) is 0 Å². The minimum Gasteiger partial charge on any atom is -0.256 e. The van der Waals surface area contributed by atoms with Gasteiger partial charge in [0.05, 0.1) is 6.04 Å². The third kappa shape index (κ3) is 2.05. The highest BCUT2D eigenvalue weighted by atomic mass is 79.9. The molecular formula is C9H10BrClN2. The zero-order valence-electron chi connectivity index (χ0n) is 6.93. The van der Waals surface area contributed by atoms with Gasteiger partial charge < -0.3 is 0 Å². The second-order valence-electron chi connectivity index (χ2n) is 3.07. The number of hydrazine groups is 1. The van der Waals surface area contributed by atoms with Gasteiger partial charge in [0, 0.05) is 16.4 Å². The predicted molar refractivity (Wildman–Crippen MR) is 58.0 cm³/mol. The molecule has 0 aliphatic carbocycles. The summed E-state index contributed by atoms with van der Waals surface area (Å²) in [6, 6.07) is 8.22. The fraction of sp³-hybridized carbons (Fsp3) is 0.333. The van der Waals surface area contributed by atoms with E-state index in [-0.39, 0.29) is 0 Å². The van der Waals surface area contributed by atoms with Crippen LogP contribution in [0.5, 0.6) is 0 Å². The molecule has 1 fully saturated rings. The van der Waals surface area contributed by atoms with Gasteiger partial charge in [-0.25, -0.2) is 5.43 Å². The van der Waals surface area contributed by atoms with Gasteiger partial charge in [-0.15, -0.1) is 0 Å². The van der Waals surface area contributed by atoms with Gasteiger partial charge in [-0.2, -0.15) is 0 Å². The zero-order valence-corrected chi connectivity index (χ0v) is 9.27. The zero-order chi connectivity index (χ0) is 9.26. The summed E-state index contributed by atoms with van der Waals surface area (Å²) in [5.74, 6) is 0. The Labute approximate surface area is 90.8 Å². The summed E-state index contributed by atoms with van der Waals surface area (Å²) in [4.78, 5) is 0.422. The average molecular weight is 262 g/mol. The molecule has 0 amide bonds. The molecule has 2 unspecified atom stereocenters. The first-order valence-electron chi connectivity index (χ1n) is 4.15. The lowest BCUT2D eigenvalue weighted by molar-refractivity contribution is 0.585. The van der Waals surface area contributed by atoms with Crippen LogP contribution in [0, 0.1) is 0 Å². The van der Waals surface area contributed by atoms with Crippen molar-refractivity contribution in [1.29, 1.82) is 0 Å². The maximum Gasteiger partial charge on any atom is 0.0600 e. The van der Waals surface area contributed by atoms with E-state index in [4.69, 9.17) is 11.6 Å². The molecule has 13 heavy (non-hydrogen) atoms. The number of hydrogen-bond acceptors (Lipinski definition) is 2. The summed E-state index contributed by atoms with van der Waals surface area (Å²) in [7, 11) is 0. The van der Waals surface area contributed by atoms with Gasteiger partial charge in [-0.1, -0.05) is 39.7 Å². The fourth-order valence-corrected chi connectivity index (χ4v) is 2.26. The van der Waals surface area contributed by atoms with Crippen LogP contribution in [0.25, 0.3) is 0 Å². The standard InChI is InChI=1S/C9H10BrClN2/c10-8-5-12-13-9(8)6-2-1-3-7(11)4-6/h1-4,8-9,12-13H,5H2. The topological polar surface area (TPSA) is 24.1 Å². The third-order valence-corrected chi connectivity index (χ3v) is 3.21. The number of nitrogens with one attached hydrogen (secondary N) is 2. The van der Waals surface area contributed by atoms with Crippen molar-refractivity contribution in [2.75, 3.05) is 6.54 Å². The molecule has 1 heterocycles. The number of hydrogen-bond donors (Lipinski definition) is 2. The summed E-state index contributed by atoms with van der Waals surface area (Å²) in [6.45, 7) is 0.928. The van der Waals surface area contributed by atoms with Gasteiger partial charge in [0.15, 0.2) is 0 Å². The van der Waals surface area contributed by atoms with Crippen LogP contribution in [-0.4, -0.2) is 11.4 Å². The van der Waals surface area contributed by atoms with Gasteiger partial charge in [-0.3, -0.25) is 5.43 Å². The Morgan fingerprint density at radius 1 is 1.46 bits per heavy atom. The summed E-state index contributed by atoms with van der Waals surface area (Å²) in [5, 5.41) is 0.783. The van der Waals surface area contributed by atoms with Crippen molar-refractivity contribution in [3.05, 3.63) is 34.9 Å². The summed E-state index contributed by atoms with van der Waals surface area (Å²) < 4.78 is 0. The monoisotopic (exact) mass is 260 g/mol. The molecule has 2 atom stereocenters. The van der Waals surface area contributed by atoms with Crippen molar-refractivity contribution in [2.24, 2.45) is 0 Å². The molecule has 1 aliphatic heterocycles. The van der Waals surface area contributed by atoms with Crippen molar-refractivity contribution in [1.82, 2.24) is 10.9 Å². The molecule has 4 heteroatoms. The Balaban J connectivity index is 2.24. The van der Waals surface area contributed by atoms with Crippen LogP contribution >= 0.6 is 27.5 Å². The molecule has 1 aliphatic rings. The molecule has 1 aromatic carbocycles. The molecule has 2 N–H and O–H groups in total. The largest absolute Gasteiger partial charge is 0.256 e. The highest BCUT2D eigenvalue weighted by molar-refractivity contribution is 9.09. The fourth-order valence-electron chi connectivity index (χ4n) is 1.47. The van der Waals surface area contributed by atoms with E-state index in [1.165, 1.54) is 5.56 Å². The highest BCUT2D eigenvalue weighted by Gasteiger charge is 2.25. The van der Waals surface area contributed by atoms with Gasteiger partial charge >= 0.3 is 0 Å². The van der Waals surface area contributed by atoms with E-state index in [1.807, 2.05) is 18.2 Å². The van der Waals surface area contributed by atoms with E-state index in [1.54, 1.807) is 0 Å². The SMILES string of the molecule is Clc1cccc(C2NNCC2Br)c1. The average Bonchev–Trinajstić information content (AvgIpc) is 2.51. The van der Waals surface area contributed by atoms with Crippen LogP contribution in [0.3, 0.4) is 0 Å². The lowest BCUT2D eigenvalue weighted by atomic mass is 10.1. The molecule has 70 valence electrons. The van der Waals surface area contributed by atoms with Crippen LogP contribution < -0.4 is 10.9 Å². The van der Waals surface area contributed by atoms with Gasteiger partial charge in [0.2, 0.25) is 0 Å². The van der Waals surface area contributed by atoms with Crippen LogP contribution in [0.1, 0.15) is 11.6 Å². The number of alkyl halides is 1. The van der Waals surface area contributed by atoms with Crippen LogP contribution in [0.15, 0.2) is 24.3 Å². The molecule has 0 saturated carbocycles. The van der Waals surface area contributed by atoms with E-state index >= 15 is 0 Å². The molecule has 2 nitrogen and oxygen atoms in total. The molecule has 0 radical (unpaired) electrons. The molecule has 1 saturated heterocycles. The third-order valence-electron chi connectivity index (χ3n) is 2.12. The molecule has 1 aromatic rings. The quantitative estimate of drug-likeness (QED) is 0.758. The summed E-state index contributed by atoms with van der Waals surface area (Å²) in [6.07, 6.45) is 0. The van der Waals surface area contributed by atoms with E-state index in [0.29, 0.717) is 10.9 Å². The Kier molecular flexibility index (Phi) is 2.89. The maximum absolute atomic E-state index is 5.91. The highest BCUT2D eigenvalue weighted by Crippen LogP contribution is 2.26. The van der Waals surface area contributed by atoms with Gasteiger partial charge in [-0.05, 0) is 17.7 Å². The van der Waals surface area contributed by atoms with Gasteiger partial charge in [0.25, 0.3) is 0 Å². The summed E-state index contributed by atoms with van der Waals surface area (Å²) in [5.41, 5.74) is 7.50. The number of rotatable bonds is 1. The van der Waals surface area contributed by atoms with Crippen LogP contribution in [0.4, 0.5) is 0 Å². The molecular weight excluding hydrogens is 251 g/mol. The molecule has 2 rings (SSSR count). The first kappa shape index (κ1) is 9.46. The Morgan fingerprint density at radius 2 is 2.31 bits per heavy atom. The van der Waals surface area contributed by atoms with Crippen molar-refractivity contribution in [3.8, 4) is 0 Å². The smallest absolute Gasteiger partial charge is 0.0600 e.